The van der Waals surface area contributed by atoms with Crippen LogP contribution in [0.2, 0.25) is 0 Å². The molecule has 5 N–H and O–H groups in total. The first kappa shape index (κ1) is 16.8. The second kappa shape index (κ2) is 6.95. The van der Waals surface area contributed by atoms with E-state index in [4.69, 9.17) is 21.2 Å². The van der Waals surface area contributed by atoms with Crippen molar-refractivity contribution in [1.29, 1.82) is 0 Å². The lowest BCUT2D eigenvalue weighted by atomic mass is 9.97. The van der Waals surface area contributed by atoms with E-state index < -0.39 is 0 Å². The molecule has 0 bridgehead atoms. The van der Waals surface area contributed by atoms with Crippen LogP contribution >= 0.6 is 0 Å². The van der Waals surface area contributed by atoms with Crippen LogP contribution in [0.5, 0.6) is 5.75 Å². The summed E-state index contributed by atoms with van der Waals surface area (Å²) in [5.74, 6) is 1.71. The maximum Gasteiger partial charge on any atom is 0.224 e. The molecular weight excluding hydrogens is 340 g/mol. The average molecular weight is 360 g/mol. The van der Waals surface area contributed by atoms with Gasteiger partial charge in [0.1, 0.15) is 11.4 Å². The first-order chi connectivity index (χ1) is 13.1. The number of aromatic nitrogens is 2. The van der Waals surface area contributed by atoms with Crippen molar-refractivity contribution in [3.8, 4) is 5.75 Å². The van der Waals surface area contributed by atoms with E-state index in [2.05, 4.69) is 27.4 Å². The smallest absolute Gasteiger partial charge is 0.224 e. The summed E-state index contributed by atoms with van der Waals surface area (Å²) in [4.78, 5) is 13.2. The van der Waals surface area contributed by atoms with Crippen molar-refractivity contribution in [1.82, 2.24) is 9.97 Å². The van der Waals surface area contributed by atoms with Crippen LogP contribution in [0.4, 0.5) is 23.3 Å². The van der Waals surface area contributed by atoms with Crippen LogP contribution in [-0.4, -0.2) is 22.8 Å². The number of methoxy groups -OCH3 is 1. The summed E-state index contributed by atoms with van der Waals surface area (Å²) < 4.78 is 5.25. The van der Waals surface area contributed by atoms with E-state index in [0.29, 0.717) is 17.9 Å². The van der Waals surface area contributed by atoms with Gasteiger partial charge in [0.2, 0.25) is 5.95 Å². The van der Waals surface area contributed by atoms with Crippen LogP contribution in [-0.2, 0) is 0 Å². The van der Waals surface area contributed by atoms with Gasteiger partial charge in [-0.1, -0.05) is 30.3 Å². The van der Waals surface area contributed by atoms with Crippen LogP contribution in [0, 0.1) is 0 Å². The Labute approximate surface area is 157 Å². The number of nitrogens with one attached hydrogen (secondary N) is 1. The van der Waals surface area contributed by atoms with E-state index in [9.17, 15) is 0 Å². The third-order valence-electron chi connectivity index (χ3n) is 4.51. The SMILES string of the molecule is COc1ccc(C2=Nc3c(N)nc(N)nc3NC(c3ccccc3)C2)cc1. The molecule has 7 heteroatoms. The second-order valence-corrected chi connectivity index (χ2v) is 6.26. The van der Waals surface area contributed by atoms with Gasteiger partial charge in [0.15, 0.2) is 11.6 Å². The number of nitrogen functional groups attached to an aromatic ring is 2. The predicted octanol–water partition coefficient (Wildman–Crippen LogP) is 3.33. The van der Waals surface area contributed by atoms with Gasteiger partial charge in [-0.2, -0.15) is 9.97 Å². The summed E-state index contributed by atoms with van der Waals surface area (Å²) in [5.41, 5.74) is 15.4. The molecule has 136 valence electrons. The number of hydrogen-bond donors (Lipinski definition) is 3. The molecule has 2 aromatic carbocycles. The molecule has 4 rings (SSSR count). The molecule has 0 fully saturated rings. The number of nitrogens with zero attached hydrogens (tertiary/aromatic N) is 3. The maximum absolute atomic E-state index is 6.08. The second-order valence-electron chi connectivity index (χ2n) is 6.26. The van der Waals surface area contributed by atoms with Crippen molar-refractivity contribution >= 4 is 29.0 Å². The van der Waals surface area contributed by atoms with Crippen molar-refractivity contribution in [2.24, 2.45) is 4.99 Å². The molecule has 0 saturated heterocycles. The summed E-state index contributed by atoms with van der Waals surface area (Å²) in [6.07, 6.45) is 0.659. The van der Waals surface area contributed by atoms with Crippen LogP contribution in [0.1, 0.15) is 23.6 Å². The standard InChI is InChI=1S/C20H20N6O/c1-27-14-9-7-13(8-10-14)15-11-16(12-5-3-2-4-6-12)24-19-17(23-15)18(21)25-20(22)26-19/h2-10,16H,11H2,1H3,(H5,21,22,24,25,26). The van der Waals surface area contributed by atoms with E-state index >= 15 is 0 Å². The van der Waals surface area contributed by atoms with Gasteiger partial charge in [-0.05, 0) is 35.4 Å². The minimum atomic E-state index is -0.0259. The highest BCUT2D eigenvalue weighted by Gasteiger charge is 2.24. The first-order valence-corrected chi connectivity index (χ1v) is 8.60. The average Bonchev–Trinajstić information content (AvgIpc) is 2.89. The fourth-order valence-electron chi connectivity index (χ4n) is 3.14. The van der Waals surface area contributed by atoms with Crippen molar-refractivity contribution in [3.05, 3.63) is 65.7 Å². The highest BCUT2D eigenvalue weighted by Crippen LogP contribution is 2.37. The number of aliphatic imine (C=N–C) groups is 1. The van der Waals surface area contributed by atoms with Crippen LogP contribution in [0.15, 0.2) is 59.6 Å². The summed E-state index contributed by atoms with van der Waals surface area (Å²) in [5, 5.41) is 3.43. The highest BCUT2D eigenvalue weighted by atomic mass is 16.5. The molecule has 0 amide bonds. The monoisotopic (exact) mass is 360 g/mol. The Balaban J connectivity index is 1.83. The number of benzene rings is 2. The van der Waals surface area contributed by atoms with Gasteiger partial charge in [0.05, 0.1) is 18.9 Å². The molecule has 2 heterocycles. The maximum atomic E-state index is 6.08. The number of fused-ring (bicyclic) bond motifs is 1. The highest BCUT2D eigenvalue weighted by molar-refractivity contribution is 6.04. The lowest BCUT2D eigenvalue weighted by Crippen LogP contribution is -2.15. The molecule has 27 heavy (non-hydrogen) atoms. The number of ether oxygens (including phenoxy) is 1. The molecule has 1 unspecified atom stereocenters. The Kier molecular flexibility index (Phi) is 4.33. The first-order valence-electron chi connectivity index (χ1n) is 8.60. The summed E-state index contributed by atoms with van der Waals surface area (Å²) >= 11 is 0. The van der Waals surface area contributed by atoms with Crippen LogP contribution in [0.3, 0.4) is 0 Å². The molecule has 0 saturated carbocycles. The minimum Gasteiger partial charge on any atom is -0.497 e. The lowest BCUT2D eigenvalue weighted by Gasteiger charge is -2.19. The third kappa shape index (κ3) is 3.39. The molecule has 0 aliphatic carbocycles. The van der Waals surface area contributed by atoms with E-state index in [1.54, 1.807) is 7.11 Å². The van der Waals surface area contributed by atoms with Gasteiger partial charge in [-0.15, -0.1) is 0 Å². The Morgan fingerprint density at radius 1 is 1.00 bits per heavy atom. The fourth-order valence-corrected chi connectivity index (χ4v) is 3.14. The van der Waals surface area contributed by atoms with Crippen LogP contribution in [0.25, 0.3) is 0 Å². The molecule has 7 nitrogen and oxygen atoms in total. The largest absolute Gasteiger partial charge is 0.497 e. The van der Waals surface area contributed by atoms with Gasteiger partial charge in [0, 0.05) is 6.42 Å². The number of anilines is 3. The number of nitrogens with two attached hydrogens (primary N) is 2. The van der Waals surface area contributed by atoms with Gasteiger partial charge >= 0.3 is 0 Å². The summed E-state index contributed by atoms with van der Waals surface area (Å²) in [6.45, 7) is 0. The molecular formula is C20H20N6O. The number of hydrogen-bond acceptors (Lipinski definition) is 7. The molecule has 3 aromatic rings. The van der Waals surface area contributed by atoms with Crippen molar-refractivity contribution < 1.29 is 4.74 Å². The summed E-state index contributed by atoms with van der Waals surface area (Å²) in [6, 6.07) is 17.9. The van der Waals surface area contributed by atoms with E-state index in [1.165, 1.54) is 0 Å². The van der Waals surface area contributed by atoms with E-state index in [0.717, 1.165) is 22.6 Å². The normalized spacial score (nSPS) is 15.9. The molecule has 0 radical (unpaired) electrons. The van der Waals surface area contributed by atoms with Crippen LogP contribution < -0.4 is 21.5 Å². The number of rotatable bonds is 3. The molecule has 1 aliphatic heterocycles. The minimum absolute atomic E-state index is 0.0259. The van der Waals surface area contributed by atoms with Crippen molar-refractivity contribution in [2.45, 2.75) is 12.5 Å². The zero-order valence-electron chi connectivity index (χ0n) is 14.9. The molecule has 1 aromatic heterocycles. The van der Waals surface area contributed by atoms with Gasteiger partial charge < -0.3 is 21.5 Å². The van der Waals surface area contributed by atoms with E-state index in [-0.39, 0.29) is 17.8 Å². The topological polar surface area (TPSA) is 111 Å². The Morgan fingerprint density at radius 2 is 1.74 bits per heavy atom. The fraction of sp³-hybridized carbons (Fsp3) is 0.150. The Hall–Kier alpha value is -3.61. The molecule has 1 atom stereocenters. The Bertz CT molecular complexity index is 985. The van der Waals surface area contributed by atoms with Gasteiger partial charge in [0.25, 0.3) is 0 Å². The summed E-state index contributed by atoms with van der Waals surface area (Å²) in [7, 11) is 1.65. The van der Waals surface area contributed by atoms with Gasteiger partial charge in [-0.3, -0.25) is 0 Å². The zero-order valence-corrected chi connectivity index (χ0v) is 14.9. The molecule has 0 spiro atoms. The third-order valence-corrected chi connectivity index (χ3v) is 4.51. The zero-order chi connectivity index (χ0) is 18.8. The van der Waals surface area contributed by atoms with E-state index in [1.807, 2.05) is 42.5 Å². The quantitative estimate of drug-likeness (QED) is 0.660. The van der Waals surface area contributed by atoms with Gasteiger partial charge in [-0.25, -0.2) is 4.99 Å². The predicted molar refractivity (Wildman–Crippen MR) is 107 cm³/mol. The lowest BCUT2D eigenvalue weighted by molar-refractivity contribution is 0.415. The molecule has 1 aliphatic rings. The Morgan fingerprint density at radius 3 is 2.44 bits per heavy atom. The van der Waals surface area contributed by atoms with Crippen molar-refractivity contribution in [3.63, 3.8) is 0 Å². The van der Waals surface area contributed by atoms with Crippen molar-refractivity contribution in [2.75, 3.05) is 23.9 Å².